The monoisotopic (exact) mass is 635 g/mol. The van der Waals surface area contributed by atoms with Gasteiger partial charge in [-0.15, -0.1) is 0 Å². The molecule has 0 radical (unpaired) electrons. The minimum atomic E-state index is -0.307. The van der Waals surface area contributed by atoms with Crippen LogP contribution in [0.4, 0.5) is 4.39 Å². The van der Waals surface area contributed by atoms with Gasteiger partial charge < -0.3 is 14.7 Å². The molecule has 2 aliphatic rings. The van der Waals surface area contributed by atoms with E-state index in [1.807, 2.05) is 49.1 Å². The molecule has 0 N–H and O–H groups in total. The second-order valence-electron chi connectivity index (χ2n) is 12.2. The van der Waals surface area contributed by atoms with Crippen LogP contribution < -0.4 is 0 Å². The molecule has 7 nitrogen and oxygen atoms in total. The van der Waals surface area contributed by atoms with Crippen molar-refractivity contribution in [3.8, 4) is 17.2 Å². The summed E-state index contributed by atoms with van der Waals surface area (Å²) >= 11 is 0. The first-order valence-electron chi connectivity index (χ1n) is 16.5. The van der Waals surface area contributed by atoms with Crippen LogP contribution in [0, 0.1) is 30.0 Å². The molecule has 1 fully saturated rings. The predicted molar refractivity (Wildman–Crippen MR) is 187 cm³/mol. The fourth-order valence-corrected chi connectivity index (χ4v) is 6.36. The molecule has 246 valence electrons. The SMILES string of the molecule is C=C1C=C(C(=O)N2CCC(C(=NC)N(C)C(=O)CCC)CC2)C=CN1/C(C#N)=C(\CCCC)c1ccccc1-c1ccc(C)cc1F. The van der Waals surface area contributed by atoms with E-state index in [9.17, 15) is 14.9 Å². The molecule has 47 heavy (non-hydrogen) atoms. The molecular formula is C39H46FN5O2. The molecule has 1 saturated heterocycles. The van der Waals surface area contributed by atoms with Crippen LogP contribution in [0.3, 0.4) is 0 Å². The van der Waals surface area contributed by atoms with Crippen LogP contribution in [0.1, 0.15) is 69.9 Å². The Bertz CT molecular complexity index is 1670. The minimum Gasteiger partial charge on any atom is -0.339 e. The molecule has 8 heteroatoms. The van der Waals surface area contributed by atoms with Gasteiger partial charge in [0.2, 0.25) is 5.91 Å². The fourth-order valence-electron chi connectivity index (χ4n) is 6.36. The number of allylic oxidation sites excluding steroid dienone is 3. The van der Waals surface area contributed by atoms with Crippen molar-refractivity contribution in [3.05, 3.63) is 101 Å². The van der Waals surface area contributed by atoms with E-state index in [-0.39, 0.29) is 23.5 Å². The van der Waals surface area contributed by atoms with Gasteiger partial charge in [-0.1, -0.05) is 63.2 Å². The summed E-state index contributed by atoms with van der Waals surface area (Å²) in [6.07, 6.45) is 10.3. The van der Waals surface area contributed by atoms with Crippen LogP contribution in [0.2, 0.25) is 0 Å². The first kappa shape index (κ1) is 35.1. The lowest BCUT2D eigenvalue weighted by Gasteiger charge is -2.35. The third kappa shape index (κ3) is 7.97. The molecule has 0 spiro atoms. The second-order valence-corrected chi connectivity index (χ2v) is 12.2. The molecule has 0 saturated carbocycles. The number of likely N-dealkylation sites (tertiary alicyclic amines) is 1. The van der Waals surface area contributed by atoms with E-state index in [1.165, 1.54) is 6.07 Å². The van der Waals surface area contributed by atoms with Crippen LogP contribution in [-0.4, -0.2) is 59.5 Å². The number of aryl methyl sites for hydroxylation is 1. The maximum absolute atomic E-state index is 15.2. The standard InChI is InChI=1S/C39H46FN5O2/c1-7-9-13-34(32-15-11-10-14-31(32)33-17-16-27(3)24-35(33)40)36(26-41)45-23-20-30(25-28(45)4)39(47)44-21-18-29(19-22-44)38(42-5)43(6)37(46)12-8-2/h10-11,14-17,20,23-25,29H,4,7-9,12-13,18-19,21-22H2,1-3,5-6H3/b36-34+,42-38?. The summed E-state index contributed by atoms with van der Waals surface area (Å²) in [6, 6.07) is 15.2. The number of carbonyl (C=O) groups is 2. The number of piperidine rings is 1. The number of carbonyl (C=O) groups excluding carboxylic acids is 2. The lowest BCUT2D eigenvalue weighted by atomic mass is 9.89. The number of unbranched alkanes of at least 4 members (excludes halogenated alkanes) is 1. The molecule has 0 aromatic heterocycles. The number of halogens is 1. The molecule has 0 unspecified atom stereocenters. The summed E-state index contributed by atoms with van der Waals surface area (Å²) in [6.45, 7) is 11.3. The Morgan fingerprint density at radius 1 is 1.09 bits per heavy atom. The van der Waals surface area contributed by atoms with Gasteiger partial charge in [-0.3, -0.25) is 14.6 Å². The number of rotatable bonds is 10. The molecule has 0 atom stereocenters. The number of hydrogen-bond donors (Lipinski definition) is 0. The van der Waals surface area contributed by atoms with E-state index in [0.717, 1.165) is 60.2 Å². The van der Waals surface area contributed by atoms with Crippen LogP contribution in [-0.2, 0) is 9.59 Å². The van der Waals surface area contributed by atoms with Crippen molar-refractivity contribution in [1.82, 2.24) is 14.7 Å². The Morgan fingerprint density at radius 3 is 2.43 bits per heavy atom. The lowest BCUT2D eigenvalue weighted by Crippen LogP contribution is -2.45. The maximum Gasteiger partial charge on any atom is 0.253 e. The molecule has 2 aliphatic heterocycles. The van der Waals surface area contributed by atoms with Crippen LogP contribution in [0.25, 0.3) is 16.7 Å². The fraction of sp³-hybridized carbons (Fsp3) is 0.385. The zero-order chi connectivity index (χ0) is 34.1. The van der Waals surface area contributed by atoms with E-state index in [1.54, 1.807) is 48.3 Å². The van der Waals surface area contributed by atoms with Gasteiger partial charge in [0.15, 0.2) is 0 Å². The molecule has 2 heterocycles. The number of nitrogens with zero attached hydrogens (tertiary/aromatic N) is 5. The minimum absolute atomic E-state index is 0.0570. The van der Waals surface area contributed by atoms with Gasteiger partial charge in [0.05, 0.1) is 0 Å². The van der Waals surface area contributed by atoms with E-state index >= 15 is 4.39 Å². The molecule has 2 aromatic carbocycles. The van der Waals surface area contributed by atoms with Gasteiger partial charge >= 0.3 is 0 Å². The molecule has 0 aliphatic carbocycles. The number of hydrogen-bond acceptors (Lipinski definition) is 5. The van der Waals surface area contributed by atoms with Crippen molar-refractivity contribution >= 4 is 23.2 Å². The highest BCUT2D eigenvalue weighted by Gasteiger charge is 2.31. The number of nitriles is 1. The third-order valence-electron chi connectivity index (χ3n) is 8.92. The topological polar surface area (TPSA) is 80.0 Å². The van der Waals surface area contributed by atoms with Gasteiger partial charge in [0.1, 0.15) is 23.4 Å². The van der Waals surface area contributed by atoms with Crippen molar-refractivity contribution in [2.45, 2.75) is 65.7 Å². The van der Waals surface area contributed by atoms with Gasteiger partial charge in [0, 0.05) is 62.6 Å². The number of benzene rings is 2. The van der Waals surface area contributed by atoms with Crippen molar-refractivity contribution in [3.63, 3.8) is 0 Å². The smallest absolute Gasteiger partial charge is 0.253 e. The number of amides is 2. The highest BCUT2D eigenvalue weighted by atomic mass is 19.1. The van der Waals surface area contributed by atoms with Crippen LogP contribution >= 0.6 is 0 Å². The van der Waals surface area contributed by atoms with Gasteiger partial charge in [-0.2, -0.15) is 5.26 Å². The average Bonchev–Trinajstić information content (AvgIpc) is 3.07. The van der Waals surface area contributed by atoms with Crippen molar-refractivity contribution < 1.29 is 14.0 Å². The summed E-state index contributed by atoms with van der Waals surface area (Å²) < 4.78 is 15.2. The Labute approximate surface area is 279 Å². The maximum atomic E-state index is 15.2. The summed E-state index contributed by atoms with van der Waals surface area (Å²) in [7, 11) is 3.50. The Balaban J connectivity index is 1.57. The lowest BCUT2D eigenvalue weighted by molar-refractivity contribution is -0.129. The summed E-state index contributed by atoms with van der Waals surface area (Å²) in [5, 5.41) is 10.5. The summed E-state index contributed by atoms with van der Waals surface area (Å²) in [5.41, 5.74) is 5.05. The highest BCUT2D eigenvalue weighted by molar-refractivity contribution is 6.00. The summed E-state index contributed by atoms with van der Waals surface area (Å²) in [5.74, 6) is 0.537. The highest BCUT2D eigenvalue weighted by Crippen LogP contribution is 2.37. The zero-order valence-corrected chi connectivity index (χ0v) is 28.4. The van der Waals surface area contributed by atoms with E-state index in [2.05, 4.69) is 24.6 Å². The first-order valence-corrected chi connectivity index (χ1v) is 16.5. The number of aliphatic imine (C=N–C) groups is 1. The molecule has 4 rings (SSSR count). The van der Waals surface area contributed by atoms with E-state index in [0.29, 0.717) is 48.5 Å². The van der Waals surface area contributed by atoms with Crippen LogP contribution in [0.15, 0.2) is 89.4 Å². The Kier molecular flexibility index (Phi) is 12.1. The van der Waals surface area contributed by atoms with Crippen molar-refractivity contribution in [2.24, 2.45) is 10.9 Å². The predicted octanol–water partition coefficient (Wildman–Crippen LogP) is 8.02. The average molecular weight is 636 g/mol. The van der Waals surface area contributed by atoms with Gasteiger partial charge in [-0.25, -0.2) is 4.39 Å². The second kappa shape index (κ2) is 16.2. The van der Waals surface area contributed by atoms with E-state index < -0.39 is 0 Å². The normalized spacial score (nSPS) is 16.1. The van der Waals surface area contributed by atoms with Gasteiger partial charge in [0.25, 0.3) is 5.91 Å². The third-order valence-corrected chi connectivity index (χ3v) is 8.92. The molecular weight excluding hydrogens is 589 g/mol. The zero-order valence-electron chi connectivity index (χ0n) is 28.4. The van der Waals surface area contributed by atoms with E-state index in [4.69, 9.17) is 0 Å². The molecule has 0 bridgehead atoms. The first-order chi connectivity index (χ1) is 22.6. The Morgan fingerprint density at radius 2 is 1.81 bits per heavy atom. The molecule has 2 amide bonds. The Hall–Kier alpha value is -4.77. The van der Waals surface area contributed by atoms with Crippen molar-refractivity contribution in [1.29, 1.82) is 5.26 Å². The molecule has 2 aromatic rings. The van der Waals surface area contributed by atoms with Crippen molar-refractivity contribution in [2.75, 3.05) is 27.2 Å². The number of amidine groups is 1. The summed E-state index contributed by atoms with van der Waals surface area (Å²) in [4.78, 5) is 35.8. The van der Waals surface area contributed by atoms with Gasteiger partial charge in [-0.05, 0) is 79.5 Å². The largest absolute Gasteiger partial charge is 0.339 e. The quantitative estimate of drug-likeness (QED) is 0.150. The van der Waals surface area contributed by atoms with Crippen LogP contribution in [0.5, 0.6) is 0 Å².